The van der Waals surface area contributed by atoms with Crippen molar-refractivity contribution in [3.63, 3.8) is 0 Å². The van der Waals surface area contributed by atoms with Crippen LogP contribution in [-0.4, -0.2) is 11.5 Å². The van der Waals surface area contributed by atoms with Gasteiger partial charge < -0.3 is 5.32 Å². The predicted molar refractivity (Wildman–Crippen MR) is 90.4 cm³/mol. The molecule has 0 saturated carbocycles. The summed E-state index contributed by atoms with van der Waals surface area (Å²) < 4.78 is 0. The minimum Gasteiger partial charge on any atom is -0.310 e. The van der Waals surface area contributed by atoms with Crippen LogP contribution in [0.1, 0.15) is 30.5 Å². The van der Waals surface area contributed by atoms with Gasteiger partial charge in [0.2, 0.25) is 0 Å². The Labute approximate surface area is 140 Å². The number of nitrogens with zero attached hydrogens (tertiary/aromatic N) is 1. The van der Waals surface area contributed by atoms with Gasteiger partial charge in [-0.05, 0) is 48.7 Å². The first-order valence-electron chi connectivity index (χ1n) is 6.88. The van der Waals surface area contributed by atoms with Crippen LogP contribution in [0.4, 0.5) is 0 Å². The van der Waals surface area contributed by atoms with Crippen molar-refractivity contribution < 1.29 is 0 Å². The maximum atomic E-state index is 6.21. The van der Waals surface area contributed by atoms with E-state index in [0.29, 0.717) is 15.1 Å². The molecular weight excluding hydrogens is 327 g/mol. The Morgan fingerprint density at radius 1 is 1.10 bits per heavy atom. The van der Waals surface area contributed by atoms with Gasteiger partial charge in [-0.1, -0.05) is 47.8 Å². The first-order valence-corrected chi connectivity index (χ1v) is 8.02. The molecule has 0 aliphatic rings. The summed E-state index contributed by atoms with van der Waals surface area (Å²) in [6.07, 6.45) is 5.26. The lowest BCUT2D eigenvalue weighted by atomic mass is 9.99. The fraction of sp³-hybridized carbons (Fsp3) is 0.312. The van der Waals surface area contributed by atoms with Crippen LogP contribution < -0.4 is 5.32 Å². The van der Waals surface area contributed by atoms with Crippen LogP contribution in [0.5, 0.6) is 0 Å². The molecule has 1 aromatic carbocycles. The van der Waals surface area contributed by atoms with Gasteiger partial charge in [-0.3, -0.25) is 4.98 Å². The third-order valence-electron chi connectivity index (χ3n) is 3.27. The SMILES string of the molecule is CCCNC(Cc1ccncc1Cl)c1ccc(Cl)c(Cl)c1. The summed E-state index contributed by atoms with van der Waals surface area (Å²) in [4.78, 5) is 4.02. The molecule has 2 rings (SSSR count). The van der Waals surface area contributed by atoms with Crippen LogP contribution in [0.25, 0.3) is 0 Å². The molecule has 1 N–H and O–H groups in total. The third-order valence-corrected chi connectivity index (χ3v) is 4.35. The summed E-state index contributed by atoms with van der Waals surface area (Å²) in [5.41, 5.74) is 2.16. The van der Waals surface area contributed by atoms with Crippen LogP contribution in [0, 0.1) is 0 Å². The zero-order valence-electron chi connectivity index (χ0n) is 11.7. The third kappa shape index (κ3) is 4.58. The van der Waals surface area contributed by atoms with Crippen molar-refractivity contribution >= 4 is 34.8 Å². The first-order chi connectivity index (χ1) is 10.1. The lowest BCUT2D eigenvalue weighted by Gasteiger charge is -2.20. The summed E-state index contributed by atoms with van der Waals surface area (Å²) in [5.74, 6) is 0. The van der Waals surface area contributed by atoms with Crippen LogP contribution in [0.2, 0.25) is 15.1 Å². The van der Waals surface area contributed by atoms with Gasteiger partial charge in [0.1, 0.15) is 0 Å². The molecule has 1 atom stereocenters. The Hall–Kier alpha value is -0.800. The molecule has 0 amide bonds. The molecule has 112 valence electrons. The summed E-state index contributed by atoms with van der Waals surface area (Å²) >= 11 is 18.3. The van der Waals surface area contributed by atoms with Gasteiger partial charge in [-0.25, -0.2) is 0 Å². The van der Waals surface area contributed by atoms with Crippen LogP contribution >= 0.6 is 34.8 Å². The van der Waals surface area contributed by atoms with Crippen LogP contribution in [0.15, 0.2) is 36.7 Å². The number of rotatable bonds is 6. The zero-order valence-corrected chi connectivity index (χ0v) is 14.0. The fourth-order valence-electron chi connectivity index (χ4n) is 2.15. The highest BCUT2D eigenvalue weighted by molar-refractivity contribution is 6.42. The minimum absolute atomic E-state index is 0.139. The summed E-state index contributed by atoms with van der Waals surface area (Å²) in [6, 6.07) is 7.82. The van der Waals surface area contributed by atoms with E-state index >= 15 is 0 Å². The number of aromatic nitrogens is 1. The van der Waals surface area contributed by atoms with Gasteiger partial charge in [0.05, 0.1) is 15.1 Å². The van der Waals surface area contributed by atoms with E-state index < -0.39 is 0 Å². The molecule has 2 aromatic rings. The largest absolute Gasteiger partial charge is 0.310 e. The second-order valence-corrected chi connectivity index (χ2v) is 6.07. The maximum Gasteiger partial charge on any atom is 0.0622 e. The van der Waals surface area contributed by atoms with Crippen molar-refractivity contribution in [1.29, 1.82) is 0 Å². The molecule has 1 aromatic heterocycles. The topological polar surface area (TPSA) is 24.9 Å². The molecule has 0 aliphatic carbocycles. The number of hydrogen-bond donors (Lipinski definition) is 1. The van der Waals surface area contributed by atoms with Crippen LogP contribution in [-0.2, 0) is 6.42 Å². The maximum absolute atomic E-state index is 6.21. The van der Waals surface area contributed by atoms with Crippen molar-refractivity contribution in [3.05, 3.63) is 62.9 Å². The molecule has 1 unspecified atom stereocenters. The Kier molecular flexibility index (Phi) is 6.31. The van der Waals surface area contributed by atoms with E-state index in [4.69, 9.17) is 34.8 Å². The predicted octanol–water partition coefficient (Wildman–Crippen LogP) is 5.33. The fourth-order valence-corrected chi connectivity index (χ4v) is 2.65. The quantitative estimate of drug-likeness (QED) is 0.767. The van der Waals surface area contributed by atoms with Crippen molar-refractivity contribution in [2.24, 2.45) is 0 Å². The number of hydrogen-bond acceptors (Lipinski definition) is 2. The Morgan fingerprint density at radius 2 is 1.90 bits per heavy atom. The molecule has 0 fully saturated rings. The molecule has 0 aliphatic heterocycles. The van der Waals surface area contributed by atoms with Gasteiger partial charge in [-0.2, -0.15) is 0 Å². The standard InChI is InChI=1S/C16H17Cl3N2/c1-2-6-21-16(9-11-5-7-20-10-15(11)19)12-3-4-13(17)14(18)8-12/h3-5,7-8,10,16,21H,2,6,9H2,1H3. The molecule has 0 bridgehead atoms. The molecule has 0 saturated heterocycles. The van der Waals surface area contributed by atoms with Gasteiger partial charge in [-0.15, -0.1) is 0 Å². The van der Waals surface area contributed by atoms with Gasteiger partial charge >= 0.3 is 0 Å². The molecule has 1 heterocycles. The van der Waals surface area contributed by atoms with Gasteiger partial charge in [0.15, 0.2) is 0 Å². The molecule has 0 radical (unpaired) electrons. The van der Waals surface area contributed by atoms with E-state index in [0.717, 1.165) is 30.5 Å². The lowest BCUT2D eigenvalue weighted by molar-refractivity contribution is 0.529. The molecule has 2 nitrogen and oxygen atoms in total. The van der Waals surface area contributed by atoms with Gasteiger partial charge in [0, 0.05) is 18.4 Å². The van der Waals surface area contributed by atoms with E-state index in [2.05, 4.69) is 17.2 Å². The lowest BCUT2D eigenvalue weighted by Crippen LogP contribution is -2.24. The number of halogens is 3. The molecule has 21 heavy (non-hydrogen) atoms. The summed E-state index contributed by atoms with van der Waals surface area (Å²) in [5, 5.41) is 5.34. The number of benzene rings is 1. The molecule has 5 heteroatoms. The normalized spacial score (nSPS) is 12.4. The Morgan fingerprint density at radius 3 is 2.57 bits per heavy atom. The zero-order chi connectivity index (χ0) is 15.2. The summed E-state index contributed by atoms with van der Waals surface area (Å²) in [6.45, 7) is 3.06. The Balaban J connectivity index is 2.25. The summed E-state index contributed by atoms with van der Waals surface area (Å²) in [7, 11) is 0. The van der Waals surface area contributed by atoms with Crippen LogP contribution in [0.3, 0.4) is 0 Å². The smallest absolute Gasteiger partial charge is 0.0622 e. The van der Waals surface area contributed by atoms with Gasteiger partial charge in [0.25, 0.3) is 0 Å². The van der Waals surface area contributed by atoms with Crippen molar-refractivity contribution in [3.8, 4) is 0 Å². The minimum atomic E-state index is 0.139. The first kappa shape index (κ1) is 16.6. The highest BCUT2D eigenvalue weighted by Gasteiger charge is 2.14. The van der Waals surface area contributed by atoms with E-state index in [-0.39, 0.29) is 6.04 Å². The molecule has 0 spiro atoms. The number of nitrogens with one attached hydrogen (secondary N) is 1. The molecular formula is C16H17Cl3N2. The second kappa shape index (κ2) is 8.00. The highest BCUT2D eigenvalue weighted by atomic mass is 35.5. The van der Waals surface area contributed by atoms with E-state index in [9.17, 15) is 0 Å². The van der Waals surface area contributed by atoms with E-state index in [1.807, 2.05) is 24.3 Å². The average Bonchev–Trinajstić information content (AvgIpc) is 2.48. The second-order valence-electron chi connectivity index (χ2n) is 4.85. The van der Waals surface area contributed by atoms with Crippen molar-refractivity contribution in [2.75, 3.05) is 6.54 Å². The van der Waals surface area contributed by atoms with E-state index in [1.54, 1.807) is 12.4 Å². The monoisotopic (exact) mass is 342 g/mol. The Bertz CT molecular complexity index is 602. The highest BCUT2D eigenvalue weighted by Crippen LogP contribution is 2.28. The van der Waals surface area contributed by atoms with E-state index in [1.165, 1.54) is 0 Å². The van der Waals surface area contributed by atoms with Crippen molar-refractivity contribution in [2.45, 2.75) is 25.8 Å². The van der Waals surface area contributed by atoms with Crippen molar-refractivity contribution in [1.82, 2.24) is 10.3 Å². The number of pyridine rings is 1. The average molecular weight is 344 g/mol.